The number of ether oxygens (including phenoxy) is 1. The number of carbonyl (C=O) groups is 1. The normalized spacial score (nSPS) is 22.2. The highest BCUT2D eigenvalue weighted by Crippen LogP contribution is 2.40. The molecule has 5 rings (SSSR count). The molecular formula is C24H27ClFN5O2. The maximum absolute atomic E-state index is 14.0. The molecule has 1 amide bonds. The molecule has 0 unspecified atom stereocenters. The van der Waals surface area contributed by atoms with Gasteiger partial charge in [0, 0.05) is 30.7 Å². The van der Waals surface area contributed by atoms with Crippen molar-refractivity contribution in [3.05, 3.63) is 66.4 Å². The molecule has 1 aliphatic heterocycles. The van der Waals surface area contributed by atoms with Crippen molar-refractivity contribution in [2.24, 2.45) is 5.92 Å². The fourth-order valence-corrected chi connectivity index (χ4v) is 4.63. The summed E-state index contributed by atoms with van der Waals surface area (Å²) < 4.78 is 21.4. The number of benzene rings is 1. The maximum Gasteiger partial charge on any atom is 0.415 e. The molecule has 7 nitrogen and oxygen atoms in total. The summed E-state index contributed by atoms with van der Waals surface area (Å²) in [5.74, 6) is 0.886. The number of aromatic nitrogens is 3. The Hall–Kier alpha value is -3.13. The third-order valence-corrected chi connectivity index (χ3v) is 6.44. The minimum absolute atomic E-state index is 0. The van der Waals surface area contributed by atoms with E-state index in [1.807, 2.05) is 25.1 Å². The molecule has 174 valence electrons. The van der Waals surface area contributed by atoms with Gasteiger partial charge in [-0.2, -0.15) is 5.10 Å². The lowest BCUT2D eigenvalue weighted by molar-refractivity contribution is 0.0148. The van der Waals surface area contributed by atoms with E-state index in [1.165, 1.54) is 6.07 Å². The monoisotopic (exact) mass is 471 g/mol. The lowest BCUT2D eigenvalue weighted by atomic mass is 9.78. The van der Waals surface area contributed by atoms with Crippen molar-refractivity contribution in [2.75, 3.05) is 23.3 Å². The Bertz CT molecular complexity index is 1130. The first kappa shape index (κ1) is 23.0. The van der Waals surface area contributed by atoms with Crippen LogP contribution in [0.5, 0.6) is 0 Å². The van der Waals surface area contributed by atoms with E-state index in [0.717, 1.165) is 49.4 Å². The number of halogens is 2. The van der Waals surface area contributed by atoms with Gasteiger partial charge in [0.05, 0.1) is 12.2 Å². The lowest BCUT2D eigenvalue weighted by Gasteiger charge is -2.35. The van der Waals surface area contributed by atoms with E-state index in [9.17, 15) is 9.18 Å². The lowest BCUT2D eigenvalue weighted by Crippen LogP contribution is -2.39. The molecule has 2 aliphatic rings. The molecule has 1 spiro atoms. The van der Waals surface area contributed by atoms with E-state index in [0.29, 0.717) is 18.2 Å². The number of nitrogens with one attached hydrogen (secondary N) is 1. The highest BCUT2D eigenvalue weighted by atomic mass is 35.5. The molecule has 1 aromatic carbocycles. The van der Waals surface area contributed by atoms with Crippen molar-refractivity contribution in [1.82, 2.24) is 14.8 Å². The molecule has 3 aromatic rings. The van der Waals surface area contributed by atoms with Crippen molar-refractivity contribution < 1.29 is 13.9 Å². The first-order chi connectivity index (χ1) is 15.5. The van der Waals surface area contributed by atoms with E-state index in [4.69, 9.17) is 4.74 Å². The van der Waals surface area contributed by atoms with Crippen LogP contribution in [0.1, 0.15) is 31.4 Å². The van der Waals surface area contributed by atoms with Gasteiger partial charge in [0.2, 0.25) is 0 Å². The molecule has 9 heteroatoms. The molecule has 1 N–H and O–H groups in total. The summed E-state index contributed by atoms with van der Waals surface area (Å²) >= 11 is 0. The zero-order chi connectivity index (χ0) is 22.1. The molecule has 0 bridgehead atoms. The molecule has 0 radical (unpaired) electrons. The molecular weight excluding hydrogens is 445 g/mol. The van der Waals surface area contributed by atoms with Crippen LogP contribution in [0.4, 0.5) is 20.7 Å². The minimum atomic E-state index is -0.406. The van der Waals surface area contributed by atoms with Gasteiger partial charge in [-0.05, 0) is 62.8 Å². The second-order valence-electron chi connectivity index (χ2n) is 8.71. The number of hydrogen-bond donors (Lipinski definition) is 1. The first-order valence-electron chi connectivity index (χ1n) is 11.0. The molecule has 33 heavy (non-hydrogen) atoms. The Labute approximate surface area is 198 Å². The summed E-state index contributed by atoms with van der Waals surface area (Å²) in [6, 6.07) is 12.2. The third-order valence-electron chi connectivity index (χ3n) is 6.44. The molecule has 1 aliphatic carbocycles. The Morgan fingerprint density at radius 2 is 2.00 bits per heavy atom. The van der Waals surface area contributed by atoms with Crippen LogP contribution in [-0.4, -0.2) is 39.5 Å². The SMILES string of the molecule is Cc1cc(N2CC3(CCC(CNc4ccn(-c5ccccc5F)n4)CC3)OC2=O)ccn1.Cl. The number of amides is 1. The van der Waals surface area contributed by atoms with Gasteiger partial charge < -0.3 is 10.1 Å². The zero-order valence-corrected chi connectivity index (χ0v) is 19.2. The molecule has 1 saturated heterocycles. The highest BCUT2D eigenvalue weighted by molar-refractivity contribution is 5.90. The van der Waals surface area contributed by atoms with Crippen LogP contribution in [0.2, 0.25) is 0 Å². The van der Waals surface area contributed by atoms with Gasteiger partial charge in [-0.3, -0.25) is 9.88 Å². The van der Waals surface area contributed by atoms with Gasteiger partial charge in [-0.25, -0.2) is 13.9 Å². The standard InChI is InChI=1S/C24H26FN5O2.ClH/c1-17-14-19(8-12-26-17)29-16-24(32-23(29)31)10-6-18(7-11-24)15-27-22-9-13-30(28-22)21-5-3-2-4-20(21)25;/h2-5,8-9,12-14,18H,6-7,10-11,15-16H2,1H3,(H,27,28);1H. The van der Waals surface area contributed by atoms with E-state index >= 15 is 0 Å². The topological polar surface area (TPSA) is 72.3 Å². The number of nitrogens with zero attached hydrogens (tertiary/aromatic N) is 4. The number of carbonyl (C=O) groups excluding carboxylic acids is 1. The molecule has 2 aromatic heterocycles. The fraction of sp³-hybridized carbons (Fsp3) is 0.375. The zero-order valence-electron chi connectivity index (χ0n) is 18.4. The summed E-state index contributed by atoms with van der Waals surface area (Å²) in [5.41, 5.74) is 1.74. The largest absolute Gasteiger partial charge is 0.441 e. The van der Waals surface area contributed by atoms with Crippen molar-refractivity contribution in [2.45, 2.75) is 38.2 Å². The quantitative estimate of drug-likeness (QED) is 0.558. The minimum Gasteiger partial charge on any atom is -0.441 e. The number of anilines is 2. The van der Waals surface area contributed by atoms with Crippen LogP contribution >= 0.6 is 12.4 Å². The number of rotatable bonds is 5. The van der Waals surface area contributed by atoms with E-state index < -0.39 is 5.60 Å². The summed E-state index contributed by atoms with van der Waals surface area (Å²) in [5, 5.41) is 7.81. The van der Waals surface area contributed by atoms with E-state index in [1.54, 1.807) is 40.2 Å². The summed E-state index contributed by atoms with van der Waals surface area (Å²) in [4.78, 5) is 18.5. The van der Waals surface area contributed by atoms with E-state index in [2.05, 4.69) is 15.4 Å². The van der Waals surface area contributed by atoms with Crippen molar-refractivity contribution >= 4 is 30.0 Å². The van der Waals surface area contributed by atoms with Gasteiger partial charge in [0.1, 0.15) is 22.9 Å². The molecule has 1 saturated carbocycles. The van der Waals surface area contributed by atoms with Gasteiger partial charge in [0.25, 0.3) is 0 Å². The number of hydrogen-bond acceptors (Lipinski definition) is 5. The van der Waals surface area contributed by atoms with Gasteiger partial charge in [-0.15, -0.1) is 12.4 Å². The second kappa shape index (κ2) is 9.39. The van der Waals surface area contributed by atoms with Crippen LogP contribution in [0, 0.1) is 18.7 Å². The van der Waals surface area contributed by atoms with Crippen molar-refractivity contribution in [3.63, 3.8) is 0 Å². The smallest absolute Gasteiger partial charge is 0.415 e. The molecule has 3 heterocycles. The van der Waals surface area contributed by atoms with Gasteiger partial charge >= 0.3 is 6.09 Å². The van der Waals surface area contributed by atoms with Crippen molar-refractivity contribution in [1.29, 1.82) is 0 Å². The second-order valence-corrected chi connectivity index (χ2v) is 8.71. The number of pyridine rings is 1. The maximum atomic E-state index is 14.0. The Morgan fingerprint density at radius 3 is 2.76 bits per heavy atom. The predicted molar refractivity (Wildman–Crippen MR) is 127 cm³/mol. The first-order valence-corrected chi connectivity index (χ1v) is 11.0. The predicted octanol–water partition coefficient (Wildman–Crippen LogP) is 5.13. The summed E-state index contributed by atoms with van der Waals surface area (Å²) in [7, 11) is 0. The van der Waals surface area contributed by atoms with Gasteiger partial charge in [0.15, 0.2) is 0 Å². The van der Waals surface area contributed by atoms with Crippen LogP contribution in [-0.2, 0) is 4.74 Å². The third kappa shape index (κ3) is 4.80. The summed E-state index contributed by atoms with van der Waals surface area (Å²) in [6.45, 7) is 3.28. The molecule has 0 atom stereocenters. The average Bonchev–Trinajstić information content (AvgIpc) is 3.38. The van der Waals surface area contributed by atoms with Crippen LogP contribution in [0.3, 0.4) is 0 Å². The van der Waals surface area contributed by atoms with Crippen LogP contribution in [0.25, 0.3) is 5.69 Å². The molecule has 2 fully saturated rings. The average molecular weight is 472 g/mol. The summed E-state index contributed by atoms with van der Waals surface area (Å²) in [6.07, 6.45) is 6.83. The van der Waals surface area contributed by atoms with Gasteiger partial charge in [-0.1, -0.05) is 12.1 Å². The van der Waals surface area contributed by atoms with Crippen LogP contribution < -0.4 is 10.2 Å². The number of para-hydroxylation sites is 1. The number of aryl methyl sites for hydroxylation is 1. The Morgan fingerprint density at radius 1 is 1.21 bits per heavy atom. The Kier molecular flexibility index (Phi) is 6.56. The fourth-order valence-electron chi connectivity index (χ4n) is 4.63. The Balaban J connectivity index is 0.00000259. The van der Waals surface area contributed by atoms with E-state index in [-0.39, 0.29) is 24.3 Å². The van der Waals surface area contributed by atoms with Crippen molar-refractivity contribution in [3.8, 4) is 5.69 Å². The highest BCUT2D eigenvalue weighted by Gasteiger charge is 2.47. The van der Waals surface area contributed by atoms with Crippen LogP contribution in [0.15, 0.2) is 54.9 Å².